The van der Waals surface area contributed by atoms with Crippen LogP contribution in [0.3, 0.4) is 0 Å². The topological polar surface area (TPSA) is 29.5 Å². The van der Waals surface area contributed by atoms with Gasteiger partial charge >= 0.3 is 0 Å². The third-order valence-corrected chi connectivity index (χ3v) is 10.9. The minimum Gasteiger partial charge on any atom is -0.456 e. The smallest absolute Gasteiger partial charge is 0.143 e. The Morgan fingerprint density at radius 3 is 1.71 bits per heavy atom. The van der Waals surface area contributed by atoms with Gasteiger partial charge < -0.3 is 13.7 Å². The van der Waals surface area contributed by atoms with Crippen LogP contribution >= 0.6 is 0 Å². The zero-order valence-electron chi connectivity index (χ0n) is 29.8. The largest absolute Gasteiger partial charge is 0.456 e. The third-order valence-electron chi connectivity index (χ3n) is 10.9. The quantitative estimate of drug-likeness (QED) is 0.173. The fourth-order valence-corrected chi connectivity index (χ4v) is 8.20. The maximum Gasteiger partial charge on any atom is 0.143 e. The van der Waals surface area contributed by atoms with E-state index < -0.39 is 0 Å². The lowest BCUT2D eigenvalue weighted by molar-refractivity contribution is 0.669. The van der Waals surface area contributed by atoms with Crippen molar-refractivity contribution in [2.45, 2.75) is 0 Å². The number of fused-ring (bicyclic) bond motifs is 8. The molecule has 0 unspecified atom stereocenters. The minimum atomic E-state index is 0.858. The highest BCUT2D eigenvalue weighted by molar-refractivity contribution is 6.19. The molecule has 11 rings (SSSR count). The predicted octanol–water partition coefficient (Wildman–Crippen LogP) is 15.1. The number of benzene rings is 9. The summed E-state index contributed by atoms with van der Waals surface area (Å²) >= 11 is 0. The van der Waals surface area contributed by atoms with Crippen LogP contribution in [-0.4, -0.2) is 0 Å². The normalized spacial score (nSPS) is 11.6. The van der Waals surface area contributed by atoms with E-state index in [0.29, 0.717) is 0 Å². The first-order valence-electron chi connectivity index (χ1n) is 18.7. The molecule has 0 saturated heterocycles. The summed E-state index contributed by atoms with van der Waals surface area (Å²) < 4.78 is 13.0. The van der Waals surface area contributed by atoms with Gasteiger partial charge in [0, 0.05) is 50.1 Å². The van der Waals surface area contributed by atoms with Crippen LogP contribution in [0.25, 0.3) is 88.0 Å². The summed E-state index contributed by atoms with van der Waals surface area (Å²) in [6.07, 6.45) is 0. The molecular formula is C52H33NO2. The molecular weight excluding hydrogens is 671 g/mol. The van der Waals surface area contributed by atoms with Crippen molar-refractivity contribution in [2.75, 3.05) is 4.90 Å². The molecule has 258 valence electrons. The average Bonchev–Trinajstić information content (AvgIpc) is 3.83. The molecule has 0 aliphatic rings. The molecule has 0 bridgehead atoms. The number of hydrogen-bond donors (Lipinski definition) is 0. The summed E-state index contributed by atoms with van der Waals surface area (Å²) in [6.45, 7) is 0. The Balaban J connectivity index is 1.04. The van der Waals surface area contributed by atoms with Gasteiger partial charge in [0.1, 0.15) is 22.3 Å². The summed E-state index contributed by atoms with van der Waals surface area (Å²) in [7, 11) is 0. The lowest BCUT2D eigenvalue weighted by Crippen LogP contribution is -2.10. The molecule has 0 fully saturated rings. The highest BCUT2D eigenvalue weighted by Gasteiger charge is 2.19. The van der Waals surface area contributed by atoms with Crippen molar-refractivity contribution >= 4 is 71.7 Å². The van der Waals surface area contributed by atoms with Gasteiger partial charge in [-0.15, -0.1) is 0 Å². The van der Waals surface area contributed by atoms with Crippen molar-refractivity contribution in [3.8, 4) is 33.4 Å². The number of furan rings is 2. The first-order chi connectivity index (χ1) is 27.2. The Morgan fingerprint density at radius 1 is 0.309 bits per heavy atom. The van der Waals surface area contributed by atoms with Crippen molar-refractivity contribution in [3.05, 3.63) is 200 Å². The minimum absolute atomic E-state index is 0.858. The number of rotatable bonds is 6. The standard InChI is InChI=1S/C52H33NO2/c1-2-10-34(11-3-1)35-20-22-36(23-21-35)37-24-27-40(28-25-37)53(42-29-31-46-45-16-6-7-18-48(45)54-50(46)33-42)41-14-8-13-39(32-41)43-17-9-19-49-51(43)47-30-26-38-12-4-5-15-44(38)52(47)55-49/h1-33H. The van der Waals surface area contributed by atoms with Crippen molar-refractivity contribution in [3.63, 3.8) is 0 Å². The van der Waals surface area contributed by atoms with Crippen LogP contribution in [0.15, 0.2) is 209 Å². The van der Waals surface area contributed by atoms with Crippen LogP contribution in [0.5, 0.6) is 0 Å². The highest BCUT2D eigenvalue weighted by atomic mass is 16.3. The molecule has 0 atom stereocenters. The van der Waals surface area contributed by atoms with E-state index in [1.54, 1.807) is 0 Å². The molecule has 9 aromatic carbocycles. The van der Waals surface area contributed by atoms with Crippen LogP contribution in [0, 0.1) is 0 Å². The summed E-state index contributed by atoms with van der Waals surface area (Å²) in [5, 5.41) is 6.76. The first-order valence-corrected chi connectivity index (χ1v) is 18.7. The van der Waals surface area contributed by atoms with E-state index in [1.807, 2.05) is 12.1 Å². The first kappa shape index (κ1) is 31.2. The highest BCUT2D eigenvalue weighted by Crippen LogP contribution is 2.43. The van der Waals surface area contributed by atoms with Crippen LogP contribution in [0.4, 0.5) is 17.1 Å². The second kappa shape index (κ2) is 12.6. The van der Waals surface area contributed by atoms with Crippen LogP contribution in [0.1, 0.15) is 0 Å². The van der Waals surface area contributed by atoms with Gasteiger partial charge in [-0.25, -0.2) is 0 Å². The molecule has 0 spiro atoms. The number of para-hydroxylation sites is 1. The lowest BCUT2D eigenvalue weighted by Gasteiger charge is -2.26. The van der Waals surface area contributed by atoms with E-state index >= 15 is 0 Å². The molecule has 0 aliphatic carbocycles. The molecule has 3 heteroatoms. The fourth-order valence-electron chi connectivity index (χ4n) is 8.20. The van der Waals surface area contributed by atoms with E-state index in [-0.39, 0.29) is 0 Å². The number of hydrogen-bond acceptors (Lipinski definition) is 3. The maximum absolute atomic E-state index is 6.57. The Labute approximate surface area is 317 Å². The Kier molecular flexibility index (Phi) is 7.17. The van der Waals surface area contributed by atoms with Gasteiger partial charge in [-0.05, 0) is 93.4 Å². The SMILES string of the molecule is c1ccc(-c2ccc(-c3ccc(N(c4cccc(-c5cccc6oc7c8ccccc8ccc7c56)c4)c4ccc5c(c4)oc4ccccc45)cc3)cc2)cc1. The third kappa shape index (κ3) is 5.28. The van der Waals surface area contributed by atoms with Gasteiger partial charge in [-0.3, -0.25) is 0 Å². The zero-order chi connectivity index (χ0) is 36.3. The van der Waals surface area contributed by atoms with Crippen molar-refractivity contribution in [1.29, 1.82) is 0 Å². The molecule has 0 radical (unpaired) electrons. The Hall–Kier alpha value is -7.36. The fraction of sp³-hybridized carbons (Fsp3) is 0. The van der Waals surface area contributed by atoms with E-state index in [1.165, 1.54) is 22.1 Å². The Bertz CT molecular complexity index is 3190. The van der Waals surface area contributed by atoms with Gasteiger partial charge in [0.25, 0.3) is 0 Å². The zero-order valence-corrected chi connectivity index (χ0v) is 29.8. The molecule has 2 aromatic heterocycles. The summed E-state index contributed by atoms with van der Waals surface area (Å²) in [5.74, 6) is 0. The lowest BCUT2D eigenvalue weighted by atomic mass is 9.97. The summed E-state index contributed by atoms with van der Waals surface area (Å²) in [4.78, 5) is 2.32. The van der Waals surface area contributed by atoms with Gasteiger partial charge in [-0.1, -0.05) is 140 Å². The van der Waals surface area contributed by atoms with Crippen molar-refractivity contribution in [1.82, 2.24) is 0 Å². The van der Waals surface area contributed by atoms with E-state index in [9.17, 15) is 0 Å². The van der Waals surface area contributed by atoms with Gasteiger partial charge in [0.15, 0.2) is 0 Å². The van der Waals surface area contributed by atoms with Gasteiger partial charge in [0.2, 0.25) is 0 Å². The van der Waals surface area contributed by atoms with Crippen LogP contribution < -0.4 is 4.90 Å². The summed E-state index contributed by atoms with van der Waals surface area (Å²) in [5.41, 5.74) is 13.7. The second-order valence-electron chi connectivity index (χ2n) is 14.1. The van der Waals surface area contributed by atoms with Gasteiger partial charge in [0.05, 0.1) is 0 Å². The van der Waals surface area contributed by atoms with E-state index in [2.05, 4.69) is 193 Å². The van der Waals surface area contributed by atoms with E-state index in [0.717, 1.165) is 83.0 Å². The van der Waals surface area contributed by atoms with Gasteiger partial charge in [-0.2, -0.15) is 0 Å². The number of anilines is 3. The van der Waals surface area contributed by atoms with Crippen molar-refractivity contribution < 1.29 is 8.83 Å². The average molecular weight is 704 g/mol. The Morgan fingerprint density at radius 2 is 0.891 bits per heavy atom. The van der Waals surface area contributed by atoms with E-state index in [4.69, 9.17) is 8.83 Å². The maximum atomic E-state index is 6.57. The summed E-state index contributed by atoms with van der Waals surface area (Å²) in [6, 6.07) is 70.9. The predicted molar refractivity (Wildman–Crippen MR) is 229 cm³/mol. The molecule has 55 heavy (non-hydrogen) atoms. The second-order valence-corrected chi connectivity index (χ2v) is 14.1. The van der Waals surface area contributed by atoms with Crippen LogP contribution in [0.2, 0.25) is 0 Å². The molecule has 11 aromatic rings. The number of nitrogens with zero attached hydrogens (tertiary/aromatic N) is 1. The molecule has 2 heterocycles. The molecule has 0 N–H and O–H groups in total. The molecule has 0 amide bonds. The monoisotopic (exact) mass is 703 g/mol. The van der Waals surface area contributed by atoms with Crippen molar-refractivity contribution in [2.24, 2.45) is 0 Å². The van der Waals surface area contributed by atoms with Crippen LogP contribution in [-0.2, 0) is 0 Å². The molecule has 3 nitrogen and oxygen atoms in total. The molecule has 0 aliphatic heterocycles. The molecule has 0 saturated carbocycles.